The molecule has 2 aromatic carbocycles. The maximum Gasteiger partial charge on any atom is 0.231 e. The van der Waals surface area contributed by atoms with E-state index in [0.29, 0.717) is 6.79 Å². The molecular weight excluding hydrogens is 336 g/mol. The van der Waals surface area contributed by atoms with Gasteiger partial charge in [0.2, 0.25) is 6.79 Å². The van der Waals surface area contributed by atoms with Gasteiger partial charge in [-0.25, -0.2) is 0 Å². The van der Waals surface area contributed by atoms with Crippen LogP contribution in [0, 0.1) is 0 Å². The van der Waals surface area contributed by atoms with E-state index in [9.17, 15) is 0 Å². The highest BCUT2D eigenvalue weighted by atomic mass is 16.7. The second-order valence-electron chi connectivity index (χ2n) is 6.84. The molecule has 4 nitrogen and oxygen atoms in total. The van der Waals surface area contributed by atoms with E-state index < -0.39 is 0 Å². The number of fused-ring (bicyclic) bond motifs is 1. The van der Waals surface area contributed by atoms with Crippen molar-refractivity contribution in [3.63, 3.8) is 0 Å². The number of benzene rings is 2. The smallest absolute Gasteiger partial charge is 0.231 e. The number of nitrogens with zero attached hydrogens (tertiary/aromatic N) is 2. The summed E-state index contributed by atoms with van der Waals surface area (Å²) in [6.45, 7) is 3.14. The topological polar surface area (TPSA) is 34.6 Å². The lowest BCUT2D eigenvalue weighted by Gasteiger charge is -2.23. The Morgan fingerprint density at radius 2 is 1.56 bits per heavy atom. The monoisotopic (exact) mass is 360 g/mol. The molecule has 27 heavy (non-hydrogen) atoms. The van der Waals surface area contributed by atoms with E-state index in [-0.39, 0.29) is 0 Å². The van der Waals surface area contributed by atoms with Crippen molar-refractivity contribution >= 4 is 0 Å². The third-order valence-electron chi connectivity index (χ3n) is 4.78. The van der Waals surface area contributed by atoms with Crippen molar-refractivity contribution in [2.24, 2.45) is 0 Å². The molecule has 0 spiro atoms. The average molecular weight is 360 g/mol. The first-order valence-electron chi connectivity index (χ1n) is 9.40. The highest BCUT2D eigenvalue weighted by Gasteiger charge is 2.15. The molecule has 0 N–H and O–H groups in total. The zero-order valence-electron chi connectivity index (χ0n) is 15.4. The van der Waals surface area contributed by atoms with Gasteiger partial charge in [0.05, 0.1) is 0 Å². The predicted molar refractivity (Wildman–Crippen MR) is 106 cm³/mol. The van der Waals surface area contributed by atoms with Gasteiger partial charge in [-0.15, -0.1) is 0 Å². The lowest BCUT2D eigenvalue weighted by Crippen LogP contribution is -2.24. The minimum Gasteiger partial charge on any atom is -0.454 e. The molecule has 0 radical (unpaired) electrons. The van der Waals surface area contributed by atoms with E-state index in [2.05, 4.69) is 64.5 Å². The molecule has 0 amide bonds. The molecular formula is C23H24N2O2. The highest BCUT2D eigenvalue weighted by molar-refractivity contribution is 5.44. The first-order valence-corrected chi connectivity index (χ1v) is 9.40. The normalized spacial score (nSPS) is 12.5. The number of hydrogen-bond acceptors (Lipinski definition) is 4. The summed E-state index contributed by atoms with van der Waals surface area (Å²) in [7, 11) is 0. The summed E-state index contributed by atoms with van der Waals surface area (Å²) in [5, 5.41) is 0. The van der Waals surface area contributed by atoms with Gasteiger partial charge >= 0.3 is 0 Å². The van der Waals surface area contributed by atoms with Crippen LogP contribution in [0.1, 0.15) is 23.1 Å². The summed E-state index contributed by atoms with van der Waals surface area (Å²) in [4.78, 5) is 6.61. The zero-order chi connectivity index (χ0) is 18.3. The standard InChI is InChI=1S/C23H24N2O2/c1-2-5-19(6-3-1)7-4-14-25(16-20-10-12-24-13-11-20)17-21-8-9-22-23(15-21)27-18-26-22/h1-3,5-6,8-13,15H,4,7,14,16-18H2. The van der Waals surface area contributed by atoms with Crippen LogP contribution in [0.4, 0.5) is 0 Å². The minimum atomic E-state index is 0.316. The van der Waals surface area contributed by atoms with Gasteiger partial charge in [0, 0.05) is 25.5 Å². The Morgan fingerprint density at radius 3 is 2.41 bits per heavy atom. The largest absolute Gasteiger partial charge is 0.454 e. The Kier molecular flexibility index (Phi) is 5.65. The van der Waals surface area contributed by atoms with Crippen molar-refractivity contribution < 1.29 is 9.47 Å². The molecule has 2 heterocycles. The van der Waals surface area contributed by atoms with Gasteiger partial charge in [0.1, 0.15) is 0 Å². The van der Waals surface area contributed by atoms with Crippen molar-refractivity contribution in [3.05, 3.63) is 89.7 Å². The molecule has 4 rings (SSSR count). The zero-order valence-corrected chi connectivity index (χ0v) is 15.4. The van der Waals surface area contributed by atoms with E-state index in [4.69, 9.17) is 9.47 Å². The fourth-order valence-corrected chi connectivity index (χ4v) is 3.41. The van der Waals surface area contributed by atoms with Gasteiger partial charge in [-0.05, 0) is 60.3 Å². The van der Waals surface area contributed by atoms with Crippen LogP contribution in [0.15, 0.2) is 73.1 Å². The van der Waals surface area contributed by atoms with Crippen LogP contribution in [0.5, 0.6) is 11.5 Å². The van der Waals surface area contributed by atoms with Crippen molar-refractivity contribution in [1.29, 1.82) is 0 Å². The maximum absolute atomic E-state index is 5.53. The Labute approximate surface area is 160 Å². The van der Waals surface area contributed by atoms with Crippen molar-refractivity contribution in [1.82, 2.24) is 9.88 Å². The second kappa shape index (κ2) is 8.69. The van der Waals surface area contributed by atoms with Crippen molar-refractivity contribution in [2.75, 3.05) is 13.3 Å². The van der Waals surface area contributed by atoms with Crippen LogP contribution >= 0.6 is 0 Å². The lowest BCUT2D eigenvalue weighted by molar-refractivity contribution is 0.174. The molecule has 0 saturated carbocycles. The fourth-order valence-electron chi connectivity index (χ4n) is 3.41. The van der Waals surface area contributed by atoms with Crippen LogP contribution in [-0.2, 0) is 19.5 Å². The third kappa shape index (κ3) is 4.86. The van der Waals surface area contributed by atoms with Gasteiger partial charge in [0.15, 0.2) is 11.5 Å². The molecule has 138 valence electrons. The van der Waals surface area contributed by atoms with Gasteiger partial charge in [-0.1, -0.05) is 36.4 Å². The molecule has 1 aromatic heterocycles. The van der Waals surface area contributed by atoms with Gasteiger partial charge in [-0.3, -0.25) is 9.88 Å². The van der Waals surface area contributed by atoms with Gasteiger partial charge in [-0.2, -0.15) is 0 Å². The molecule has 0 saturated heterocycles. The Hall–Kier alpha value is -2.85. The number of aromatic nitrogens is 1. The van der Waals surface area contributed by atoms with E-state index in [0.717, 1.165) is 44.0 Å². The summed E-state index contributed by atoms with van der Waals surface area (Å²) < 4.78 is 11.0. The predicted octanol–water partition coefficient (Wildman–Crippen LogP) is 4.45. The Morgan fingerprint density at radius 1 is 0.778 bits per heavy atom. The molecule has 0 bridgehead atoms. The first-order chi connectivity index (χ1) is 13.4. The minimum absolute atomic E-state index is 0.316. The quantitative estimate of drug-likeness (QED) is 0.595. The van der Waals surface area contributed by atoms with Crippen LogP contribution < -0.4 is 9.47 Å². The summed E-state index contributed by atoms with van der Waals surface area (Å²) >= 11 is 0. The lowest BCUT2D eigenvalue weighted by atomic mass is 10.1. The van der Waals surface area contributed by atoms with E-state index in [1.807, 2.05) is 18.5 Å². The maximum atomic E-state index is 5.53. The second-order valence-corrected chi connectivity index (χ2v) is 6.84. The molecule has 0 atom stereocenters. The van der Waals surface area contributed by atoms with Crippen LogP contribution in [0.25, 0.3) is 0 Å². The summed E-state index contributed by atoms with van der Waals surface area (Å²) in [5.41, 5.74) is 3.92. The molecule has 0 aliphatic carbocycles. The van der Waals surface area contributed by atoms with Gasteiger partial charge in [0.25, 0.3) is 0 Å². The van der Waals surface area contributed by atoms with E-state index >= 15 is 0 Å². The number of ether oxygens (including phenoxy) is 2. The van der Waals surface area contributed by atoms with E-state index in [1.54, 1.807) is 0 Å². The molecule has 1 aliphatic heterocycles. The highest BCUT2D eigenvalue weighted by Crippen LogP contribution is 2.32. The Balaban J connectivity index is 1.42. The number of pyridine rings is 1. The van der Waals surface area contributed by atoms with Crippen molar-refractivity contribution in [2.45, 2.75) is 25.9 Å². The number of rotatable bonds is 8. The number of aryl methyl sites for hydroxylation is 1. The van der Waals surface area contributed by atoms with Crippen LogP contribution in [0.2, 0.25) is 0 Å². The summed E-state index contributed by atoms with van der Waals surface area (Å²) in [6, 6.07) is 21.1. The molecule has 0 fully saturated rings. The average Bonchev–Trinajstić information content (AvgIpc) is 3.17. The van der Waals surface area contributed by atoms with Gasteiger partial charge < -0.3 is 9.47 Å². The van der Waals surface area contributed by atoms with Crippen LogP contribution in [0.3, 0.4) is 0 Å². The first kappa shape index (κ1) is 17.6. The van der Waals surface area contributed by atoms with Crippen LogP contribution in [-0.4, -0.2) is 23.2 Å². The summed E-state index contributed by atoms with van der Waals surface area (Å²) in [6.07, 6.45) is 5.94. The molecule has 0 unspecified atom stereocenters. The van der Waals surface area contributed by atoms with Crippen molar-refractivity contribution in [3.8, 4) is 11.5 Å². The fraction of sp³-hybridized carbons (Fsp3) is 0.261. The molecule has 3 aromatic rings. The van der Waals surface area contributed by atoms with E-state index in [1.165, 1.54) is 16.7 Å². The third-order valence-corrected chi connectivity index (χ3v) is 4.78. The summed E-state index contributed by atoms with van der Waals surface area (Å²) in [5.74, 6) is 1.68. The Bertz CT molecular complexity index is 853. The molecule has 1 aliphatic rings. The SMILES string of the molecule is c1ccc(CCCN(Cc2ccncc2)Cc2ccc3c(c2)OCO3)cc1. The number of hydrogen-bond donors (Lipinski definition) is 0. The molecule has 4 heteroatoms.